The second-order valence-corrected chi connectivity index (χ2v) is 5.12. The Morgan fingerprint density at radius 2 is 2.05 bits per heavy atom. The molecular weight excluding hydrogens is 291 g/mol. The normalized spacial score (nSPS) is 12.0. The number of rotatable bonds is 6. The van der Waals surface area contributed by atoms with E-state index in [2.05, 4.69) is 10.3 Å². The standard InChI is InChI=1S/C13H19ClF3N3/c1-4-20(6-5-18-9(2)3)12-11(14)7-10(8-19-12)13(15,16)17/h7-9,18H,4-6H2,1-3H3. The van der Waals surface area contributed by atoms with Crippen molar-refractivity contribution >= 4 is 17.4 Å². The molecule has 1 aromatic heterocycles. The van der Waals surface area contributed by atoms with Gasteiger partial charge in [-0.3, -0.25) is 0 Å². The van der Waals surface area contributed by atoms with Gasteiger partial charge in [0, 0.05) is 31.9 Å². The van der Waals surface area contributed by atoms with Crippen LogP contribution < -0.4 is 10.2 Å². The van der Waals surface area contributed by atoms with Crippen molar-refractivity contribution in [3.8, 4) is 0 Å². The summed E-state index contributed by atoms with van der Waals surface area (Å²) in [7, 11) is 0. The summed E-state index contributed by atoms with van der Waals surface area (Å²) < 4.78 is 37.7. The predicted octanol–water partition coefficient (Wildman–Crippen LogP) is 3.58. The Kier molecular flexibility index (Phi) is 6.07. The molecule has 0 saturated carbocycles. The van der Waals surface area contributed by atoms with Crippen LogP contribution in [0.2, 0.25) is 5.02 Å². The lowest BCUT2D eigenvalue weighted by atomic mass is 10.2. The molecule has 0 unspecified atom stereocenters. The number of alkyl halides is 3. The van der Waals surface area contributed by atoms with Crippen LogP contribution in [0.3, 0.4) is 0 Å². The molecule has 0 saturated heterocycles. The molecule has 0 radical (unpaired) electrons. The number of pyridine rings is 1. The number of hydrogen-bond acceptors (Lipinski definition) is 3. The molecule has 3 nitrogen and oxygen atoms in total. The van der Waals surface area contributed by atoms with Crippen LogP contribution in [0.4, 0.5) is 19.0 Å². The van der Waals surface area contributed by atoms with Crippen LogP contribution in [0.25, 0.3) is 0 Å². The third kappa shape index (κ3) is 4.83. The van der Waals surface area contributed by atoms with Gasteiger partial charge in [-0.25, -0.2) is 4.98 Å². The molecule has 0 aliphatic heterocycles. The molecule has 0 fully saturated rings. The average molecular weight is 310 g/mol. The summed E-state index contributed by atoms with van der Waals surface area (Å²) in [6.07, 6.45) is -3.61. The zero-order chi connectivity index (χ0) is 15.3. The van der Waals surface area contributed by atoms with Crippen LogP contribution in [0, 0.1) is 0 Å². The van der Waals surface area contributed by atoms with Crippen molar-refractivity contribution in [2.75, 3.05) is 24.5 Å². The first kappa shape index (κ1) is 17.0. The quantitative estimate of drug-likeness (QED) is 0.870. The zero-order valence-corrected chi connectivity index (χ0v) is 12.5. The second kappa shape index (κ2) is 7.13. The van der Waals surface area contributed by atoms with Crippen LogP contribution in [0.15, 0.2) is 12.3 Å². The average Bonchev–Trinajstić information content (AvgIpc) is 2.34. The molecule has 0 aromatic carbocycles. The van der Waals surface area contributed by atoms with Crippen molar-refractivity contribution < 1.29 is 13.2 Å². The van der Waals surface area contributed by atoms with E-state index >= 15 is 0 Å². The molecule has 0 amide bonds. The van der Waals surface area contributed by atoms with Gasteiger partial charge in [0.1, 0.15) is 5.82 Å². The Hall–Kier alpha value is -1.01. The number of aromatic nitrogens is 1. The molecule has 0 bridgehead atoms. The van der Waals surface area contributed by atoms with Gasteiger partial charge in [0.25, 0.3) is 0 Å². The minimum absolute atomic E-state index is 0.0196. The first-order valence-corrected chi connectivity index (χ1v) is 6.84. The molecule has 114 valence electrons. The van der Waals surface area contributed by atoms with E-state index in [0.29, 0.717) is 31.5 Å². The molecule has 0 atom stereocenters. The molecule has 0 aliphatic carbocycles. The van der Waals surface area contributed by atoms with Crippen LogP contribution in [0.1, 0.15) is 26.3 Å². The molecule has 1 rings (SSSR count). The van der Waals surface area contributed by atoms with Crippen molar-refractivity contribution in [2.24, 2.45) is 0 Å². The number of hydrogen-bond donors (Lipinski definition) is 1. The molecule has 0 spiro atoms. The van der Waals surface area contributed by atoms with Gasteiger partial charge < -0.3 is 10.2 Å². The van der Waals surface area contributed by atoms with E-state index in [9.17, 15) is 13.2 Å². The van der Waals surface area contributed by atoms with E-state index in [1.54, 1.807) is 0 Å². The number of anilines is 1. The van der Waals surface area contributed by atoms with Crippen molar-refractivity contribution in [1.29, 1.82) is 0 Å². The van der Waals surface area contributed by atoms with Crippen LogP contribution >= 0.6 is 11.6 Å². The van der Waals surface area contributed by atoms with Crippen molar-refractivity contribution in [3.05, 3.63) is 22.8 Å². The highest BCUT2D eigenvalue weighted by atomic mass is 35.5. The molecule has 1 aromatic rings. The lowest BCUT2D eigenvalue weighted by Gasteiger charge is -2.24. The van der Waals surface area contributed by atoms with E-state index in [1.807, 2.05) is 25.7 Å². The Balaban J connectivity index is 2.83. The number of nitrogens with zero attached hydrogens (tertiary/aromatic N) is 2. The zero-order valence-electron chi connectivity index (χ0n) is 11.8. The van der Waals surface area contributed by atoms with Crippen molar-refractivity contribution in [3.63, 3.8) is 0 Å². The maximum atomic E-state index is 12.6. The third-order valence-electron chi connectivity index (χ3n) is 2.76. The van der Waals surface area contributed by atoms with Gasteiger partial charge in [0.2, 0.25) is 0 Å². The number of nitrogens with one attached hydrogen (secondary N) is 1. The predicted molar refractivity (Wildman–Crippen MR) is 75.3 cm³/mol. The summed E-state index contributed by atoms with van der Waals surface area (Å²) in [5.74, 6) is 0.382. The van der Waals surface area contributed by atoms with Crippen molar-refractivity contribution in [1.82, 2.24) is 10.3 Å². The molecule has 7 heteroatoms. The van der Waals surface area contributed by atoms with E-state index in [4.69, 9.17) is 11.6 Å². The lowest BCUT2D eigenvalue weighted by Crippen LogP contribution is -2.35. The largest absolute Gasteiger partial charge is 0.417 e. The van der Waals surface area contributed by atoms with Gasteiger partial charge in [0.05, 0.1) is 10.6 Å². The summed E-state index contributed by atoms with van der Waals surface area (Å²) in [6.45, 7) is 7.93. The second-order valence-electron chi connectivity index (χ2n) is 4.72. The van der Waals surface area contributed by atoms with E-state index in [1.165, 1.54) is 0 Å². The van der Waals surface area contributed by atoms with E-state index < -0.39 is 11.7 Å². The fourth-order valence-electron chi connectivity index (χ4n) is 1.72. The molecular formula is C13H19ClF3N3. The maximum absolute atomic E-state index is 12.6. The van der Waals surface area contributed by atoms with Crippen molar-refractivity contribution in [2.45, 2.75) is 33.0 Å². The summed E-state index contributed by atoms with van der Waals surface area (Å²) >= 11 is 5.93. The third-order valence-corrected chi connectivity index (χ3v) is 3.04. The first-order chi connectivity index (χ1) is 9.25. The van der Waals surface area contributed by atoms with Crippen LogP contribution in [0.5, 0.6) is 0 Å². The lowest BCUT2D eigenvalue weighted by molar-refractivity contribution is -0.137. The highest BCUT2D eigenvalue weighted by Crippen LogP contribution is 2.33. The summed E-state index contributed by atoms with van der Waals surface area (Å²) in [5, 5.41) is 3.26. The Labute approximate surface area is 122 Å². The molecule has 20 heavy (non-hydrogen) atoms. The van der Waals surface area contributed by atoms with Gasteiger partial charge in [0.15, 0.2) is 0 Å². The minimum Gasteiger partial charge on any atom is -0.354 e. The summed E-state index contributed by atoms with van der Waals surface area (Å²) in [5.41, 5.74) is -0.831. The number of halogens is 4. The molecule has 1 N–H and O–H groups in total. The fourth-order valence-corrected chi connectivity index (χ4v) is 2.01. The Morgan fingerprint density at radius 3 is 2.50 bits per heavy atom. The van der Waals surface area contributed by atoms with Gasteiger partial charge in [-0.05, 0) is 13.0 Å². The van der Waals surface area contributed by atoms with Crippen LogP contribution in [-0.2, 0) is 6.18 Å². The number of likely N-dealkylation sites (N-methyl/N-ethyl adjacent to an activating group) is 1. The molecule has 1 heterocycles. The van der Waals surface area contributed by atoms with Gasteiger partial charge >= 0.3 is 6.18 Å². The Bertz CT molecular complexity index is 435. The summed E-state index contributed by atoms with van der Waals surface area (Å²) in [4.78, 5) is 5.70. The topological polar surface area (TPSA) is 28.2 Å². The van der Waals surface area contributed by atoms with Gasteiger partial charge in [-0.2, -0.15) is 13.2 Å². The maximum Gasteiger partial charge on any atom is 0.417 e. The smallest absolute Gasteiger partial charge is 0.354 e. The molecule has 0 aliphatic rings. The highest BCUT2D eigenvalue weighted by Gasteiger charge is 2.31. The minimum atomic E-state index is -4.43. The first-order valence-electron chi connectivity index (χ1n) is 6.46. The monoisotopic (exact) mass is 309 g/mol. The van der Waals surface area contributed by atoms with Gasteiger partial charge in [-0.15, -0.1) is 0 Å². The van der Waals surface area contributed by atoms with Crippen LogP contribution in [-0.4, -0.2) is 30.7 Å². The highest BCUT2D eigenvalue weighted by molar-refractivity contribution is 6.33. The fraction of sp³-hybridized carbons (Fsp3) is 0.615. The summed E-state index contributed by atoms with van der Waals surface area (Å²) in [6, 6.07) is 1.27. The van der Waals surface area contributed by atoms with E-state index in [-0.39, 0.29) is 5.02 Å². The van der Waals surface area contributed by atoms with Gasteiger partial charge in [-0.1, -0.05) is 25.4 Å². The Morgan fingerprint density at radius 1 is 1.40 bits per heavy atom. The SMILES string of the molecule is CCN(CCNC(C)C)c1ncc(C(F)(F)F)cc1Cl. The van der Waals surface area contributed by atoms with E-state index in [0.717, 1.165) is 12.3 Å².